The van der Waals surface area contributed by atoms with Gasteiger partial charge >= 0.3 is 0 Å². The van der Waals surface area contributed by atoms with E-state index in [1.54, 1.807) is 0 Å². The summed E-state index contributed by atoms with van der Waals surface area (Å²) in [6.07, 6.45) is 0. The fraction of sp³-hybridized carbons (Fsp3) is 0. The summed E-state index contributed by atoms with van der Waals surface area (Å²) in [5.74, 6) is 0.701. The maximum Gasteiger partial charge on any atom is 0.160 e. The van der Waals surface area contributed by atoms with Crippen LogP contribution in [0.25, 0.3) is 121 Å². The van der Waals surface area contributed by atoms with E-state index in [1.807, 2.05) is 18.2 Å². The monoisotopic (exact) mass is 760 g/mol. The lowest BCUT2D eigenvalue weighted by Gasteiger charge is -2.14. The average molecular weight is 761 g/mol. The highest BCUT2D eigenvalue weighted by atomic mass is 14.9. The summed E-state index contributed by atoms with van der Waals surface area (Å²) in [5.41, 5.74) is 9.47. The predicted octanol–water partition coefficient (Wildman–Crippen LogP) is 15.7. The molecule has 0 aliphatic rings. The van der Waals surface area contributed by atoms with Crippen molar-refractivity contribution in [2.24, 2.45) is 0 Å². The molecule has 2 nitrogen and oxygen atoms in total. The van der Waals surface area contributed by atoms with Crippen molar-refractivity contribution in [3.63, 3.8) is 0 Å². The van der Waals surface area contributed by atoms with E-state index in [2.05, 4.69) is 200 Å². The molecule has 0 fully saturated rings. The van der Waals surface area contributed by atoms with Gasteiger partial charge in [-0.3, -0.25) is 0 Å². The highest BCUT2D eigenvalue weighted by Crippen LogP contribution is 2.40. The van der Waals surface area contributed by atoms with Crippen molar-refractivity contribution < 1.29 is 0 Å². The molecular formula is C58H36N2. The van der Waals surface area contributed by atoms with Crippen molar-refractivity contribution in [3.05, 3.63) is 218 Å². The minimum absolute atomic E-state index is 0.701. The van der Waals surface area contributed by atoms with Crippen molar-refractivity contribution in [1.82, 2.24) is 9.97 Å². The zero-order chi connectivity index (χ0) is 39.6. The Labute approximate surface area is 347 Å². The van der Waals surface area contributed by atoms with E-state index >= 15 is 0 Å². The second-order valence-corrected chi connectivity index (χ2v) is 15.7. The molecule has 278 valence electrons. The minimum Gasteiger partial charge on any atom is -0.228 e. The molecule has 1 heterocycles. The molecule has 0 saturated carbocycles. The normalized spacial score (nSPS) is 11.7. The lowest BCUT2D eigenvalue weighted by molar-refractivity contribution is 1.18. The van der Waals surface area contributed by atoms with Gasteiger partial charge in [-0.25, -0.2) is 9.97 Å². The number of fused-ring (bicyclic) bond motifs is 12. The van der Waals surface area contributed by atoms with Crippen LogP contribution in [-0.2, 0) is 0 Å². The molecule has 0 aliphatic heterocycles. The van der Waals surface area contributed by atoms with Gasteiger partial charge in [0.15, 0.2) is 5.82 Å². The van der Waals surface area contributed by atoms with Gasteiger partial charge in [0.2, 0.25) is 0 Å². The summed E-state index contributed by atoms with van der Waals surface area (Å²) >= 11 is 0. The zero-order valence-electron chi connectivity index (χ0n) is 32.7. The van der Waals surface area contributed by atoms with Crippen LogP contribution in [0.4, 0.5) is 0 Å². The Morgan fingerprint density at radius 1 is 0.183 bits per heavy atom. The molecule has 0 bridgehead atoms. The van der Waals surface area contributed by atoms with Crippen LogP contribution in [0.2, 0.25) is 0 Å². The molecule has 1 aromatic heterocycles. The number of nitrogens with zero attached hydrogens (tertiary/aromatic N) is 2. The Morgan fingerprint density at radius 3 is 0.883 bits per heavy atom. The molecule has 11 aromatic carbocycles. The quantitative estimate of drug-likeness (QED) is 0.163. The lowest BCUT2D eigenvalue weighted by atomic mass is 9.91. The SMILES string of the molecule is c1ccc(-c2nc(-c3cccc(-c4ccc5c6ccccc6c6ccccc6c5c4)c3)cc(-c3cccc(-c4ccc5c6ccccc6c6ccccc6c5c4)c3)n2)cc1. The first-order valence-corrected chi connectivity index (χ1v) is 20.6. The minimum atomic E-state index is 0.701. The average Bonchev–Trinajstić information content (AvgIpc) is 3.34. The highest BCUT2D eigenvalue weighted by Gasteiger charge is 2.15. The molecule has 12 rings (SSSR count). The first-order chi connectivity index (χ1) is 29.7. The third-order valence-corrected chi connectivity index (χ3v) is 12.2. The number of rotatable bonds is 5. The Morgan fingerprint density at radius 2 is 0.483 bits per heavy atom. The van der Waals surface area contributed by atoms with Gasteiger partial charge in [0, 0.05) is 16.7 Å². The molecule has 0 atom stereocenters. The van der Waals surface area contributed by atoms with Crippen LogP contribution in [0.1, 0.15) is 0 Å². The molecule has 0 spiro atoms. The van der Waals surface area contributed by atoms with Crippen molar-refractivity contribution >= 4 is 64.6 Å². The zero-order valence-corrected chi connectivity index (χ0v) is 32.7. The largest absolute Gasteiger partial charge is 0.228 e. The molecule has 60 heavy (non-hydrogen) atoms. The summed E-state index contributed by atoms with van der Waals surface area (Å²) in [7, 11) is 0. The first kappa shape index (κ1) is 34.1. The van der Waals surface area contributed by atoms with E-state index in [0.29, 0.717) is 5.82 Å². The fourth-order valence-corrected chi connectivity index (χ4v) is 9.35. The summed E-state index contributed by atoms with van der Waals surface area (Å²) in [5, 5.41) is 15.3. The second-order valence-electron chi connectivity index (χ2n) is 15.7. The van der Waals surface area contributed by atoms with Crippen LogP contribution in [0.15, 0.2) is 218 Å². The lowest BCUT2D eigenvalue weighted by Crippen LogP contribution is -1.96. The van der Waals surface area contributed by atoms with Crippen molar-refractivity contribution in [2.75, 3.05) is 0 Å². The van der Waals surface area contributed by atoms with Crippen molar-refractivity contribution in [1.29, 1.82) is 0 Å². The van der Waals surface area contributed by atoms with Crippen LogP contribution in [-0.4, -0.2) is 9.97 Å². The van der Waals surface area contributed by atoms with Crippen molar-refractivity contribution in [2.45, 2.75) is 0 Å². The van der Waals surface area contributed by atoms with Crippen LogP contribution >= 0.6 is 0 Å². The standard InChI is InChI=1S/C58H36N2/c1-2-14-37(15-3-1)58-59-56(42-18-12-16-38(32-42)40-28-30-52-48-24-6-4-20-44(48)46-22-8-10-26-50(46)54(52)34-40)36-57(60-58)43-19-13-17-39(33-43)41-29-31-53-49-25-7-5-21-45(49)47-23-9-11-27-51(47)55(53)35-41/h1-36H. The van der Waals surface area contributed by atoms with Crippen LogP contribution in [0, 0.1) is 0 Å². The number of aromatic nitrogens is 2. The molecule has 0 amide bonds. The van der Waals surface area contributed by atoms with E-state index < -0.39 is 0 Å². The maximum absolute atomic E-state index is 5.22. The Bertz CT molecular complexity index is 3370. The van der Waals surface area contributed by atoms with E-state index in [0.717, 1.165) is 39.2 Å². The van der Waals surface area contributed by atoms with E-state index in [4.69, 9.17) is 9.97 Å². The summed E-state index contributed by atoms with van der Waals surface area (Å²) < 4.78 is 0. The molecule has 12 aromatic rings. The van der Waals surface area contributed by atoms with Crippen LogP contribution < -0.4 is 0 Å². The molecule has 0 aliphatic carbocycles. The molecule has 0 radical (unpaired) electrons. The molecule has 0 unspecified atom stereocenters. The summed E-state index contributed by atoms with van der Waals surface area (Å²) in [6.45, 7) is 0. The predicted molar refractivity (Wildman–Crippen MR) is 254 cm³/mol. The number of benzene rings is 11. The van der Waals surface area contributed by atoms with Gasteiger partial charge in [0.05, 0.1) is 11.4 Å². The first-order valence-electron chi connectivity index (χ1n) is 20.6. The van der Waals surface area contributed by atoms with E-state index in [-0.39, 0.29) is 0 Å². The van der Waals surface area contributed by atoms with E-state index in [1.165, 1.54) is 75.8 Å². The number of hydrogen-bond donors (Lipinski definition) is 0. The Hall–Kier alpha value is -7.94. The summed E-state index contributed by atoms with van der Waals surface area (Å²) in [4.78, 5) is 10.4. The molecular weight excluding hydrogens is 725 g/mol. The van der Waals surface area contributed by atoms with Gasteiger partial charge in [0.25, 0.3) is 0 Å². The maximum atomic E-state index is 5.22. The van der Waals surface area contributed by atoms with Gasteiger partial charge in [-0.15, -0.1) is 0 Å². The number of hydrogen-bond acceptors (Lipinski definition) is 2. The van der Waals surface area contributed by atoms with Crippen molar-refractivity contribution in [3.8, 4) is 56.2 Å². The third kappa shape index (κ3) is 5.65. The van der Waals surface area contributed by atoms with E-state index in [9.17, 15) is 0 Å². The molecule has 0 N–H and O–H groups in total. The topological polar surface area (TPSA) is 25.8 Å². The molecule has 2 heteroatoms. The Kier molecular flexibility index (Phi) is 7.89. The third-order valence-electron chi connectivity index (χ3n) is 12.2. The van der Waals surface area contributed by atoms with Gasteiger partial charge in [-0.2, -0.15) is 0 Å². The highest BCUT2D eigenvalue weighted by molar-refractivity contribution is 6.27. The second kappa shape index (κ2) is 13.9. The smallest absolute Gasteiger partial charge is 0.160 e. The van der Waals surface area contributed by atoms with Gasteiger partial charge in [0.1, 0.15) is 0 Å². The van der Waals surface area contributed by atoms with Gasteiger partial charge in [-0.1, -0.05) is 188 Å². The summed E-state index contributed by atoms with van der Waals surface area (Å²) in [6, 6.07) is 78.8. The Balaban J connectivity index is 0.981. The van der Waals surface area contributed by atoms with Crippen LogP contribution in [0.5, 0.6) is 0 Å². The van der Waals surface area contributed by atoms with Crippen LogP contribution in [0.3, 0.4) is 0 Å². The van der Waals surface area contributed by atoms with Gasteiger partial charge in [-0.05, 0) is 117 Å². The fourth-order valence-electron chi connectivity index (χ4n) is 9.35. The van der Waals surface area contributed by atoms with Gasteiger partial charge < -0.3 is 0 Å². The molecule has 0 saturated heterocycles.